The number of rotatable bonds is 4. The van der Waals surface area contributed by atoms with Gasteiger partial charge < -0.3 is 5.32 Å². The molecule has 0 fully saturated rings. The van der Waals surface area contributed by atoms with Gasteiger partial charge in [0, 0.05) is 20.0 Å². The average molecular weight is 154 g/mol. The van der Waals surface area contributed by atoms with E-state index in [9.17, 15) is 4.79 Å². The van der Waals surface area contributed by atoms with Crippen LogP contribution in [0.1, 0.15) is 5.82 Å². The minimum Gasteiger partial charge on any atom is -0.358 e. The number of aryl methyl sites for hydroxylation is 1. The number of hydrogen-bond acceptors (Lipinski definition) is 3. The molecular formula is C6H10N4O. The lowest BCUT2D eigenvalue weighted by Crippen LogP contribution is -2.15. The molecule has 0 aliphatic rings. The fraction of sp³-hybridized carbons (Fsp3) is 0.500. The second kappa shape index (κ2) is 3.70. The molecule has 5 heteroatoms. The molecule has 1 aromatic heterocycles. The molecule has 0 unspecified atom stereocenters. The third-order valence-corrected chi connectivity index (χ3v) is 1.22. The maximum absolute atomic E-state index is 9.84. The van der Waals surface area contributed by atoms with E-state index in [4.69, 9.17) is 0 Å². The number of aromatic nitrogens is 3. The van der Waals surface area contributed by atoms with Crippen LogP contribution in [0, 0.1) is 0 Å². The van der Waals surface area contributed by atoms with E-state index >= 15 is 0 Å². The lowest BCUT2D eigenvalue weighted by atomic mass is 10.4. The van der Waals surface area contributed by atoms with Gasteiger partial charge in [0.05, 0.1) is 0 Å². The monoisotopic (exact) mass is 154 g/mol. The maximum Gasteiger partial charge on any atom is 0.207 e. The van der Waals surface area contributed by atoms with Gasteiger partial charge in [0.2, 0.25) is 6.41 Å². The second-order valence-electron chi connectivity index (χ2n) is 2.16. The summed E-state index contributed by atoms with van der Waals surface area (Å²) in [4.78, 5) is 13.8. The molecule has 1 rings (SSSR count). The Morgan fingerprint density at radius 1 is 1.82 bits per heavy atom. The van der Waals surface area contributed by atoms with Gasteiger partial charge in [-0.3, -0.25) is 9.48 Å². The largest absolute Gasteiger partial charge is 0.358 e. The van der Waals surface area contributed by atoms with E-state index in [1.807, 2.05) is 7.05 Å². The predicted molar refractivity (Wildman–Crippen MR) is 38.8 cm³/mol. The van der Waals surface area contributed by atoms with Gasteiger partial charge in [-0.05, 0) is 0 Å². The molecule has 0 bridgehead atoms. The van der Waals surface area contributed by atoms with Crippen LogP contribution in [0.15, 0.2) is 6.33 Å². The van der Waals surface area contributed by atoms with Crippen molar-refractivity contribution in [2.75, 3.05) is 6.54 Å². The first-order valence-corrected chi connectivity index (χ1v) is 3.34. The van der Waals surface area contributed by atoms with Crippen molar-refractivity contribution in [2.24, 2.45) is 7.05 Å². The molecule has 5 nitrogen and oxygen atoms in total. The number of amides is 1. The Balaban J connectivity index is 2.32. The Hall–Kier alpha value is -1.39. The summed E-state index contributed by atoms with van der Waals surface area (Å²) in [6.07, 6.45) is 2.98. The van der Waals surface area contributed by atoms with E-state index in [1.54, 1.807) is 11.0 Å². The first kappa shape index (κ1) is 7.71. The highest BCUT2D eigenvalue weighted by atomic mass is 16.1. The van der Waals surface area contributed by atoms with E-state index in [2.05, 4.69) is 15.4 Å². The Morgan fingerprint density at radius 2 is 2.64 bits per heavy atom. The van der Waals surface area contributed by atoms with Crippen LogP contribution in [-0.2, 0) is 18.3 Å². The molecule has 0 aliphatic heterocycles. The molecule has 1 aromatic rings. The van der Waals surface area contributed by atoms with Crippen molar-refractivity contribution in [1.29, 1.82) is 0 Å². The molecule has 1 N–H and O–H groups in total. The summed E-state index contributed by atoms with van der Waals surface area (Å²) >= 11 is 0. The molecule has 0 radical (unpaired) electrons. The minimum atomic E-state index is 0.591. The van der Waals surface area contributed by atoms with Crippen molar-refractivity contribution in [3.05, 3.63) is 12.2 Å². The molecule has 0 aliphatic carbocycles. The Kier molecular flexibility index (Phi) is 2.59. The highest BCUT2D eigenvalue weighted by Gasteiger charge is 1.95. The third kappa shape index (κ3) is 2.37. The van der Waals surface area contributed by atoms with Gasteiger partial charge in [0.1, 0.15) is 6.33 Å². The van der Waals surface area contributed by atoms with Crippen molar-refractivity contribution in [3.8, 4) is 0 Å². The van der Waals surface area contributed by atoms with Crippen LogP contribution in [0.5, 0.6) is 0 Å². The van der Waals surface area contributed by atoms with E-state index in [0.29, 0.717) is 19.4 Å². The van der Waals surface area contributed by atoms with Gasteiger partial charge >= 0.3 is 0 Å². The van der Waals surface area contributed by atoms with E-state index in [-0.39, 0.29) is 0 Å². The molecule has 0 aromatic carbocycles. The smallest absolute Gasteiger partial charge is 0.207 e. The third-order valence-electron chi connectivity index (χ3n) is 1.22. The quantitative estimate of drug-likeness (QED) is 0.452. The summed E-state index contributed by atoms with van der Waals surface area (Å²) < 4.78 is 1.64. The van der Waals surface area contributed by atoms with Gasteiger partial charge in [-0.2, -0.15) is 5.10 Å². The Morgan fingerprint density at radius 3 is 3.18 bits per heavy atom. The van der Waals surface area contributed by atoms with E-state index < -0.39 is 0 Å². The van der Waals surface area contributed by atoms with E-state index in [0.717, 1.165) is 5.82 Å². The Bertz CT molecular complexity index is 232. The van der Waals surface area contributed by atoms with Crippen molar-refractivity contribution >= 4 is 6.41 Å². The topological polar surface area (TPSA) is 59.8 Å². The van der Waals surface area contributed by atoms with Crippen LogP contribution < -0.4 is 5.32 Å². The SMILES string of the molecule is Cn1cnc(CCNC=O)n1. The Labute approximate surface area is 64.4 Å². The van der Waals surface area contributed by atoms with Crippen LogP contribution >= 0.6 is 0 Å². The van der Waals surface area contributed by atoms with Gasteiger partial charge in [0.25, 0.3) is 0 Å². The van der Waals surface area contributed by atoms with Gasteiger partial charge in [-0.25, -0.2) is 4.98 Å². The summed E-state index contributed by atoms with van der Waals surface area (Å²) in [5.41, 5.74) is 0. The molecule has 0 saturated heterocycles. The zero-order valence-electron chi connectivity index (χ0n) is 6.32. The highest BCUT2D eigenvalue weighted by Crippen LogP contribution is 1.86. The molecule has 60 valence electrons. The summed E-state index contributed by atoms with van der Waals surface area (Å²) in [6.45, 7) is 0.591. The second-order valence-corrected chi connectivity index (χ2v) is 2.16. The van der Waals surface area contributed by atoms with Crippen LogP contribution in [0.4, 0.5) is 0 Å². The summed E-state index contributed by atoms with van der Waals surface area (Å²) in [5.74, 6) is 0.752. The number of nitrogens with one attached hydrogen (secondary N) is 1. The molecule has 1 heterocycles. The molecule has 0 saturated carbocycles. The van der Waals surface area contributed by atoms with Gasteiger partial charge in [0.15, 0.2) is 5.82 Å². The highest BCUT2D eigenvalue weighted by molar-refractivity contribution is 5.45. The number of nitrogens with zero attached hydrogens (tertiary/aromatic N) is 3. The number of carbonyl (C=O) groups is 1. The summed E-state index contributed by atoms with van der Waals surface area (Å²) in [6, 6.07) is 0. The average Bonchev–Trinajstić information content (AvgIpc) is 2.37. The molecule has 0 spiro atoms. The fourth-order valence-corrected chi connectivity index (χ4v) is 0.741. The summed E-state index contributed by atoms with van der Waals surface area (Å²) in [5, 5.41) is 6.57. The lowest BCUT2D eigenvalue weighted by molar-refractivity contribution is -0.109. The molecule has 1 amide bonds. The lowest BCUT2D eigenvalue weighted by Gasteiger charge is -1.92. The molecule has 11 heavy (non-hydrogen) atoms. The molecular weight excluding hydrogens is 144 g/mol. The minimum absolute atomic E-state index is 0.591. The van der Waals surface area contributed by atoms with Crippen molar-refractivity contribution in [3.63, 3.8) is 0 Å². The molecule has 0 atom stereocenters. The van der Waals surface area contributed by atoms with Gasteiger partial charge in [-0.15, -0.1) is 0 Å². The summed E-state index contributed by atoms with van der Waals surface area (Å²) in [7, 11) is 1.81. The van der Waals surface area contributed by atoms with Crippen LogP contribution in [-0.4, -0.2) is 27.7 Å². The number of carbonyl (C=O) groups excluding carboxylic acids is 1. The first-order chi connectivity index (χ1) is 5.33. The predicted octanol–water partition coefficient (Wildman–Crippen LogP) is -0.896. The zero-order valence-corrected chi connectivity index (χ0v) is 6.32. The normalized spacial score (nSPS) is 9.55. The van der Waals surface area contributed by atoms with Crippen molar-refractivity contribution < 1.29 is 4.79 Å². The number of hydrogen-bond donors (Lipinski definition) is 1. The zero-order chi connectivity index (χ0) is 8.10. The maximum atomic E-state index is 9.84. The van der Waals surface area contributed by atoms with Crippen molar-refractivity contribution in [2.45, 2.75) is 6.42 Å². The van der Waals surface area contributed by atoms with Gasteiger partial charge in [-0.1, -0.05) is 0 Å². The first-order valence-electron chi connectivity index (χ1n) is 3.34. The van der Waals surface area contributed by atoms with Crippen LogP contribution in [0.3, 0.4) is 0 Å². The van der Waals surface area contributed by atoms with Crippen molar-refractivity contribution in [1.82, 2.24) is 20.1 Å². The van der Waals surface area contributed by atoms with E-state index in [1.165, 1.54) is 0 Å². The standard InChI is InChI=1S/C6H10N4O/c1-10-4-8-6(9-10)2-3-7-5-11/h4-5H,2-3H2,1H3,(H,7,11). The van der Waals surface area contributed by atoms with Crippen LogP contribution in [0.2, 0.25) is 0 Å². The fourth-order valence-electron chi connectivity index (χ4n) is 0.741. The van der Waals surface area contributed by atoms with Crippen LogP contribution in [0.25, 0.3) is 0 Å².